The molecule has 0 radical (unpaired) electrons. The Bertz CT molecular complexity index is 407. The smallest absolute Gasteiger partial charge is 0.195 e. The summed E-state index contributed by atoms with van der Waals surface area (Å²) in [7, 11) is 0. The Balaban J connectivity index is 1.89. The number of hydrogen-bond donors (Lipinski definition) is 0. The number of hydroxylamine groups is 1. The first kappa shape index (κ1) is 9.07. The fourth-order valence-corrected chi connectivity index (χ4v) is 4.52. The minimum absolute atomic E-state index is 0.0713. The molecule has 0 aromatic rings. The second-order valence-corrected chi connectivity index (χ2v) is 5.86. The summed E-state index contributed by atoms with van der Waals surface area (Å²) in [6.45, 7) is 2.29. The van der Waals surface area contributed by atoms with Gasteiger partial charge in [0, 0.05) is 11.8 Å². The molecule has 2 saturated carbocycles. The van der Waals surface area contributed by atoms with Crippen LogP contribution in [0.2, 0.25) is 0 Å². The zero-order valence-corrected chi connectivity index (χ0v) is 9.41. The van der Waals surface area contributed by atoms with Crippen LogP contribution < -0.4 is 0 Å². The Morgan fingerprint density at radius 1 is 1.12 bits per heavy atom. The minimum Gasteiger partial charge on any atom is -0.600 e. The summed E-state index contributed by atoms with van der Waals surface area (Å²) in [6.07, 6.45) is 4.32. The molecule has 5 heteroatoms. The van der Waals surface area contributed by atoms with Gasteiger partial charge in [-0.05, 0) is 24.4 Å². The van der Waals surface area contributed by atoms with Crippen LogP contribution in [0, 0.1) is 16.5 Å². The molecule has 4 heterocycles. The van der Waals surface area contributed by atoms with E-state index < -0.39 is 0 Å². The highest BCUT2D eigenvalue weighted by Crippen LogP contribution is 2.58. The standard InChI is InChI=1S/C11H16N4O/c1-11-8-4-2-6(12-13-8)10(11)7-3-5-9(11)14-15(7)16/h6-10H,2-5H2,1H3/t6-,7+,8+,9-,10+,11-/m0/s1. The van der Waals surface area contributed by atoms with Crippen molar-refractivity contribution in [1.82, 2.24) is 0 Å². The summed E-state index contributed by atoms with van der Waals surface area (Å²) in [5, 5.41) is 24.9. The van der Waals surface area contributed by atoms with E-state index in [0.717, 1.165) is 30.5 Å². The molecule has 0 amide bonds. The summed E-state index contributed by atoms with van der Waals surface area (Å²) < 4.78 is 0. The molecule has 0 spiro atoms. The van der Waals surface area contributed by atoms with Gasteiger partial charge >= 0.3 is 0 Å². The predicted octanol–water partition coefficient (Wildman–Crippen LogP) is 2.11. The Morgan fingerprint density at radius 2 is 1.94 bits per heavy atom. The lowest BCUT2D eigenvalue weighted by molar-refractivity contribution is -0.610. The summed E-state index contributed by atoms with van der Waals surface area (Å²) in [4.78, 5) is 0.983. The van der Waals surface area contributed by atoms with E-state index in [-0.39, 0.29) is 23.5 Å². The summed E-state index contributed by atoms with van der Waals surface area (Å²) >= 11 is 0. The lowest BCUT2D eigenvalue weighted by Crippen LogP contribution is -2.66. The van der Waals surface area contributed by atoms with Gasteiger partial charge < -0.3 is 5.21 Å². The predicted molar refractivity (Wildman–Crippen MR) is 56.1 cm³/mol. The highest BCUT2D eigenvalue weighted by molar-refractivity contribution is 5.14. The topological polar surface area (TPSA) is 63.1 Å². The van der Waals surface area contributed by atoms with Gasteiger partial charge in [0.05, 0.1) is 18.0 Å². The molecule has 6 rings (SSSR count). The third-order valence-electron chi connectivity index (χ3n) is 5.35. The number of fused-ring (bicyclic) bond motifs is 2. The highest BCUT2D eigenvalue weighted by Gasteiger charge is 2.66. The van der Waals surface area contributed by atoms with Crippen LogP contribution in [0.5, 0.6) is 0 Å². The van der Waals surface area contributed by atoms with Crippen LogP contribution in [0.4, 0.5) is 0 Å². The van der Waals surface area contributed by atoms with E-state index in [4.69, 9.17) is 0 Å². The second kappa shape index (κ2) is 2.63. The molecule has 0 unspecified atom stereocenters. The van der Waals surface area contributed by atoms with Crippen LogP contribution in [-0.4, -0.2) is 29.0 Å². The molecule has 0 saturated heterocycles. The fourth-order valence-electron chi connectivity index (χ4n) is 4.52. The highest BCUT2D eigenvalue weighted by atomic mass is 16.5. The quantitative estimate of drug-likeness (QED) is 0.455. The van der Waals surface area contributed by atoms with Gasteiger partial charge in [-0.1, -0.05) is 11.8 Å². The molecule has 0 aromatic carbocycles. The molecule has 16 heavy (non-hydrogen) atoms. The molecule has 2 aliphatic carbocycles. The van der Waals surface area contributed by atoms with Crippen LogP contribution in [0.25, 0.3) is 0 Å². The largest absolute Gasteiger partial charge is 0.600 e. The normalized spacial score (nSPS) is 57.3. The maximum atomic E-state index is 11.8. The molecular weight excluding hydrogens is 204 g/mol. The third kappa shape index (κ3) is 0.812. The average molecular weight is 220 g/mol. The first-order valence-electron chi connectivity index (χ1n) is 6.28. The van der Waals surface area contributed by atoms with Crippen LogP contribution in [-0.2, 0) is 0 Å². The van der Waals surface area contributed by atoms with Crippen LogP contribution >= 0.6 is 0 Å². The third-order valence-corrected chi connectivity index (χ3v) is 5.35. The lowest BCUT2D eigenvalue weighted by Gasteiger charge is -2.57. The van der Waals surface area contributed by atoms with Crippen molar-refractivity contribution in [3.8, 4) is 0 Å². The Labute approximate surface area is 94.2 Å². The maximum absolute atomic E-state index is 11.8. The monoisotopic (exact) mass is 220 g/mol. The lowest BCUT2D eigenvalue weighted by atomic mass is 9.52. The van der Waals surface area contributed by atoms with Crippen molar-refractivity contribution in [3.63, 3.8) is 0 Å². The van der Waals surface area contributed by atoms with Crippen molar-refractivity contribution in [2.75, 3.05) is 0 Å². The molecule has 6 atom stereocenters. The van der Waals surface area contributed by atoms with Gasteiger partial charge in [0.25, 0.3) is 0 Å². The fraction of sp³-hybridized carbons (Fsp3) is 1.00. The number of azo groups is 2. The molecule has 4 bridgehead atoms. The van der Waals surface area contributed by atoms with E-state index in [1.54, 1.807) is 0 Å². The van der Waals surface area contributed by atoms with E-state index in [1.165, 1.54) is 0 Å². The first-order valence-corrected chi connectivity index (χ1v) is 6.28. The van der Waals surface area contributed by atoms with Gasteiger partial charge in [-0.25, -0.2) is 0 Å². The summed E-state index contributed by atoms with van der Waals surface area (Å²) in [5.74, 6) is 0.400. The Hall–Kier alpha value is -1.00. The SMILES string of the molecule is C[C@]12[C@H]([C@@H]3CC[C@H]1N=N3)[C@H]1CC[C@@H]2N=[N+]1[O-]. The van der Waals surface area contributed by atoms with Crippen molar-refractivity contribution in [3.05, 3.63) is 5.21 Å². The molecule has 0 N–H and O–H groups in total. The van der Waals surface area contributed by atoms with Crippen LogP contribution in [0.3, 0.4) is 0 Å². The van der Waals surface area contributed by atoms with Gasteiger partial charge in [0.1, 0.15) is 6.04 Å². The zero-order chi connectivity index (χ0) is 10.9. The van der Waals surface area contributed by atoms with Gasteiger partial charge in [-0.3, -0.25) is 0 Å². The number of hydrogen-bond acceptors (Lipinski definition) is 4. The van der Waals surface area contributed by atoms with Gasteiger partial charge in [0.15, 0.2) is 6.04 Å². The summed E-state index contributed by atoms with van der Waals surface area (Å²) in [6, 6.07) is 0.858. The molecule has 4 aliphatic heterocycles. The zero-order valence-electron chi connectivity index (χ0n) is 9.41. The van der Waals surface area contributed by atoms with Crippen LogP contribution in [0.1, 0.15) is 32.6 Å². The van der Waals surface area contributed by atoms with Crippen molar-refractivity contribution < 1.29 is 4.86 Å². The van der Waals surface area contributed by atoms with E-state index in [1.807, 2.05) is 0 Å². The number of rotatable bonds is 0. The Kier molecular flexibility index (Phi) is 1.49. The van der Waals surface area contributed by atoms with Gasteiger partial charge in [0.2, 0.25) is 0 Å². The molecule has 6 aliphatic rings. The van der Waals surface area contributed by atoms with Gasteiger partial charge in [-0.15, -0.1) is 0 Å². The van der Waals surface area contributed by atoms with E-state index >= 15 is 0 Å². The summed E-state index contributed by atoms with van der Waals surface area (Å²) in [5.41, 5.74) is 0.120. The van der Waals surface area contributed by atoms with Gasteiger partial charge in [-0.2, -0.15) is 10.2 Å². The molecule has 86 valence electrons. The number of nitrogens with zero attached hydrogens (tertiary/aromatic N) is 4. The van der Waals surface area contributed by atoms with E-state index in [2.05, 4.69) is 22.3 Å². The van der Waals surface area contributed by atoms with Crippen molar-refractivity contribution in [1.29, 1.82) is 0 Å². The molecule has 0 aromatic heterocycles. The first-order chi connectivity index (χ1) is 7.71. The molecule has 2 fully saturated rings. The van der Waals surface area contributed by atoms with Crippen LogP contribution in [0.15, 0.2) is 15.3 Å². The van der Waals surface area contributed by atoms with Crippen molar-refractivity contribution >= 4 is 0 Å². The Morgan fingerprint density at radius 3 is 2.62 bits per heavy atom. The average Bonchev–Trinajstić information content (AvgIpc) is 2.31. The van der Waals surface area contributed by atoms with Crippen molar-refractivity contribution in [2.24, 2.45) is 26.7 Å². The van der Waals surface area contributed by atoms with E-state index in [0.29, 0.717) is 12.0 Å². The molecule has 5 nitrogen and oxygen atoms in total. The minimum atomic E-state index is 0.0713. The van der Waals surface area contributed by atoms with E-state index in [9.17, 15) is 5.21 Å². The molecular formula is C11H16N4O. The second-order valence-electron chi connectivity index (χ2n) is 5.86. The van der Waals surface area contributed by atoms with Crippen molar-refractivity contribution in [2.45, 2.75) is 56.8 Å². The maximum Gasteiger partial charge on any atom is 0.195 e.